The van der Waals surface area contributed by atoms with Gasteiger partial charge in [0.2, 0.25) is 5.13 Å². The standard InChI is InChI=1S/C19H22Cl2FNO5P/c1-4-26-29(25,27-5-2)14(3)28-16-9-7-6-8-15(16)19(24)11-10-18(21,22)12-17(19,20)13-23/h6-9,11,14,24H,4-5,12H2,1-3H3. The van der Waals surface area contributed by atoms with E-state index < -0.39 is 35.5 Å². The van der Waals surface area contributed by atoms with E-state index in [0.717, 1.165) is 6.08 Å². The minimum Gasteiger partial charge on any atom is -0.478 e. The van der Waals surface area contributed by atoms with Crippen molar-refractivity contribution in [2.24, 2.45) is 0 Å². The van der Waals surface area contributed by atoms with Crippen LogP contribution in [0.3, 0.4) is 0 Å². The van der Waals surface area contributed by atoms with Crippen molar-refractivity contribution < 1.29 is 27.8 Å². The van der Waals surface area contributed by atoms with E-state index in [-0.39, 0.29) is 24.5 Å². The first-order valence-corrected chi connectivity index (χ1v) is 11.3. The van der Waals surface area contributed by atoms with Crippen molar-refractivity contribution in [2.75, 3.05) is 13.2 Å². The molecule has 159 valence electrons. The first kappa shape index (κ1) is 24.1. The predicted octanol–water partition coefficient (Wildman–Crippen LogP) is 5.03. The first-order valence-electron chi connectivity index (χ1n) is 8.94. The Hall–Kier alpha value is -1.13. The van der Waals surface area contributed by atoms with E-state index in [2.05, 4.69) is 6.08 Å². The predicted molar refractivity (Wildman–Crippen MR) is 108 cm³/mol. The summed E-state index contributed by atoms with van der Waals surface area (Å²) in [6, 6.07) is 7.88. The monoisotopic (exact) mass is 464 g/mol. The van der Waals surface area contributed by atoms with Gasteiger partial charge in [0.1, 0.15) is 11.4 Å². The fourth-order valence-corrected chi connectivity index (χ4v) is 5.09. The van der Waals surface area contributed by atoms with E-state index in [1.54, 1.807) is 32.0 Å². The van der Waals surface area contributed by atoms with E-state index in [9.17, 15) is 19.3 Å². The molecule has 0 aliphatic heterocycles. The van der Waals surface area contributed by atoms with Crippen molar-refractivity contribution in [1.82, 2.24) is 0 Å². The fraction of sp³-hybridized carbons (Fsp3) is 0.526. The van der Waals surface area contributed by atoms with Gasteiger partial charge in [0.15, 0.2) is 10.7 Å². The molecule has 0 saturated carbocycles. The highest BCUT2D eigenvalue weighted by Gasteiger charge is 2.58. The molecule has 0 bridgehead atoms. The van der Waals surface area contributed by atoms with Crippen LogP contribution in [0, 0.1) is 17.4 Å². The maximum Gasteiger partial charge on any atom is 0.370 e. The van der Waals surface area contributed by atoms with Crippen LogP contribution in [0.4, 0.5) is 4.39 Å². The lowest BCUT2D eigenvalue weighted by molar-refractivity contribution is 0.0314. The van der Waals surface area contributed by atoms with E-state index in [1.165, 1.54) is 19.1 Å². The number of hydrogen-bond acceptors (Lipinski definition) is 6. The maximum atomic E-state index is 14.2. The Morgan fingerprint density at radius 3 is 2.48 bits per heavy atom. The van der Waals surface area contributed by atoms with Gasteiger partial charge in [-0.3, -0.25) is 4.57 Å². The van der Waals surface area contributed by atoms with E-state index in [1.807, 2.05) is 0 Å². The van der Waals surface area contributed by atoms with Crippen molar-refractivity contribution in [1.29, 1.82) is 5.26 Å². The van der Waals surface area contributed by atoms with E-state index in [0.29, 0.717) is 0 Å². The molecule has 1 aliphatic carbocycles. The van der Waals surface area contributed by atoms with Gasteiger partial charge >= 0.3 is 7.60 Å². The number of halogens is 3. The topological polar surface area (TPSA) is 88.8 Å². The molecular weight excluding hydrogens is 443 g/mol. The molecule has 1 aromatic carbocycles. The van der Waals surface area contributed by atoms with Crippen LogP contribution in [0.15, 0.2) is 30.3 Å². The van der Waals surface area contributed by atoms with E-state index >= 15 is 0 Å². The zero-order valence-corrected chi connectivity index (χ0v) is 18.6. The van der Waals surface area contributed by atoms with Crippen LogP contribution in [0.25, 0.3) is 0 Å². The molecule has 0 aromatic heterocycles. The molecular formula is C19H22Cl2FNO5P. The van der Waals surface area contributed by atoms with Crippen molar-refractivity contribution in [3.05, 3.63) is 42.0 Å². The smallest absolute Gasteiger partial charge is 0.370 e. The van der Waals surface area contributed by atoms with Gasteiger partial charge in [-0.25, -0.2) is 4.39 Å². The van der Waals surface area contributed by atoms with Gasteiger partial charge in [-0.05, 0) is 32.9 Å². The lowest BCUT2D eigenvalue weighted by Gasteiger charge is -2.42. The third-order valence-corrected chi connectivity index (χ3v) is 7.38. The number of para-hydroxylation sites is 1. The molecule has 29 heavy (non-hydrogen) atoms. The number of hydrogen-bond donors (Lipinski definition) is 1. The number of nitrogens with zero attached hydrogens (tertiary/aromatic N) is 1. The van der Waals surface area contributed by atoms with Crippen LogP contribution in [-0.4, -0.2) is 34.2 Å². The lowest BCUT2D eigenvalue weighted by atomic mass is 9.74. The molecule has 0 spiro atoms. The molecule has 0 fully saturated rings. The molecule has 0 amide bonds. The summed E-state index contributed by atoms with van der Waals surface area (Å²) in [7, 11) is -3.63. The number of benzene rings is 1. The van der Waals surface area contributed by atoms with Crippen LogP contribution in [0.2, 0.25) is 0 Å². The summed E-state index contributed by atoms with van der Waals surface area (Å²) in [5.74, 6) is -0.967. The van der Waals surface area contributed by atoms with Crippen molar-refractivity contribution >= 4 is 30.8 Å². The summed E-state index contributed by atoms with van der Waals surface area (Å²) in [6.07, 6.45) is 2.42. The van der Waals surface area contributed by atoms with Crippen molar-refractivity contribution in [3.63, 3.8) is 0 Å². The summed E-state index contributed by atoms with van der Waals surface area (Å²) in [6.45, 7) is 5.12. The van der Waals surface area contributed by atoms with Crippen molar-refractivity contribution in [2.45, 2.75) is 48.6 Å². The van der Waals surface area contributed by atoms with Gasteiger partial charge in [-0.1, -0.05) is 41.4 Å². The SMILES string of the molecule is CCOP(=O)(OCC)C(C)Oc1ccccc1C1(O)C=[C]C(F)(Cl)CC1(Cl)C#N. The second-order valence-corrected chi connectivity index (χ2v) is 10.0. The quantitative estimate of drug-likeness (QED) is 0.428. The average Bonchev–Trinajstić information content (AvgIpc) is 2.65. The number of alkyl halides is 3. The molecule has 4 atom stereocenters. The van der Waals surface area contributed by atoms with Gasteiger partial charge in [0.25, 0.3) is 0 Å². The minimum absolute atomic E-state index is 0.0580. The zero-order valence-electron chi connectivity index (χ0n) is 16.2. The highest BCUT2D eigenvalue weighted by atomic mass is 35.5. The van der Waals surface area contributed by atoms with Gasteiger partial charge in [0.05, 0.1) is 19.3 Å². The van der Waals surface area contributed by atoms with Gasteiger partial charge < -0.3 is 18.9 Å². The Balaban J connectivity index is 2.51. The summed E-state index contributed by atoms with van der Waals surface area (Å²) in [5.41, 5.74) is -2.12. The summed E-state index contributed by atoms with van der Waals surface area (Å²) >= 11 is 12.0. The van der Waals surface area contributed by atoms with Crippen LogP contribution >= 0.6 is 30.8 Å². The molecule has 4 unspecified atom stereocenters. The van der Waals surface area contributed by atoms with Gasteiger partial charge in [0, 0.05) is 18.1 Å². The Bertz CT molecular complexity index is 851. The average molecular weight is 465 g/mol. The number of rotatable bonds is 8. The third kappa shape index (κ3) is 4.80. The normalized spacial score (nSPS) is 30.6. The molecule has 0 saturated heterocycles. The Morgan fingerprint density at radius 2 is 1.93 bits per heavy atom. The highest BCUT2D eigenvalue weighted by molar-refractivity contribution is 7.54. The zero-order chi connectivity index (χ0) is 21.9. The molecule has 10 heteroatoms. The summed E-state index contributed by atoms with van der Waals surface area (Å²) in [5, 5.41) is 18.4. The molecule has 6 nitrogen and oxygen atoms in total. The minimum atomic E-state index is -3.63. The molecule has 1 radical (unpaired) electrons. The third-order valence-electron chi connectivity index (χ3n) is 4.40. The second-order valence-electron chi connectivity index (χ2n) is 6.44. The summed E-state index contributed by atoms with van der Waals surface area (Å²) < 4.78 is 43.6. The van der Waals surface area contributed by atoms with Crippen LogP contribution in [-0.2, 0) is 19.2 Å². The summed E-state index contributed by atoms with van der Waals surface area (Å²) in [4.78, 5) is -2.14. The molecule has 1 N–H and O–H groups in total. The largest absolute Gasteiger partial charge is 0.478 e. The van der Waals surface area contributed by atoms with Crippen LogP contribution in [0.5, 0.6) is 5.75 Å². The van der Waals surface area contributed by atoms with Gasteiger partial charge in [-0.2, -0.15) is 5.26 Å². The van der Waals surface area contributed by atoms with Crippen LogP contribution in [0.1, 0.15) is 32.8 Å². The number of allylic oxidation sites excluding steroid dienone is 1. The number of nitriles is 1. The maximum absolute atomic E-state index is 14.2. The van der Waals surface area contributed by atoms with Crippen LogP contribution < -0.4 is 4.74 Å². The molecule has 2 rings (SSSR count). The lowest BCUT2D eigenvalue weighted by Crippen LogP contribution is -2.51. The molecule has 0 heterocycles. The van der Waals surface area contributed by atoms with Crippen molar-refractivity contribution in [3.8, 4) is 11.8 Å². The fourth-order valence-electron chi connectivity index (χ4n) is 2.97. The second kappa shape index (κ2) is 8.93. The molecule has 1 aliphatic rings. The highest BCUT2D eigenvalue weighted by Crippen LogP contribution is 2.55. The number of ether oxygens (including phenoxy) is 1. The Kier molecular flexibility index (Phi) is 7.44. The Labute approximate surface area is 179 Å². The van der Waals surface area contributed by atoms with E-state index in [4.69, 9.17) is 37.0 Å². The van der Waals surface area contributed by atoms with Gasteiger partial charge in [-0.15, -0.1) is 0 Å². The first-order chi connectivity index (χ1) is 13.5. The number of aliphatic hydroxyl groups is 1. The molecule has 1 aromatic rings. The Morgan fingerprint density at radius 1 is 1.34 bits per heavy atom.